The fourth-order valence-corrected chi connectivity index (χ4v) is 3.76. The molecule has 1 atom stereocenters. The zero-order chi connectivity index (χ0) is 21.3. The molecule has 0 radical (unpaired) electrons. The van der Waals surface area contributed by atoms with Crippen LogP contribution in [0.4, 0.5) is 0 Å². The number of rotatable bonds is 6. The average molecular weight is 410 g/mol. The molecule has 1 saturated heterocycles. The van der Waals surface area contributed by atoms with E-state index in [4.69, 9.17) is 9.47 Å². The van der Waals surface area contributed by atoms with Crippen LogP contribution in [0.15, 0.2) is 48.2 Å². The topological polar surface area (TPSA) is 93.4 Å². The fraction of sp³-hybridized carbons (Fsp3) is 0.318. The van der Waals surface area contributed by atoms with E-state index in [1.54, 1.807) is 42.6 Å². The first kappa shape index (κ1) is 19.9. The Kier molecular flexibility index (Phi) is 5.41. The lowest BCUT2D eigenvalue weighted by Gasteiger charge is -2.24. The molecule has 1 fully saturated rings. The Bertz CT molecular complexity index is 1000. The number of amides is 1. The molecule has 0 spiro atoms. The van der Waals surface area contributed by atoms with Gasteiger partial charge in [0.05, 0.1) is 31.9 Å². The fourth-order valence-electron chi connectivity index (χ4n) is 3.76. The van der Waals surface area contributed by atoms with Crippen LogP contribution in [-0.2, 0) is 9.59 Å². The maximum absolute atomic E-state index is 12.9. The van der Waals surface area contributed by atoms with E-state index in [2.05, 4.69) is 4.98 Å². The van der Waals surface area contributed by atoms with Crippen LogP contribution in [0.5, 0.6) is 11.5 Å². The van der Waals surface area contributed by atoms with Gasteiger partial charge in [-0.2, -0.15) is 0 Å². The van der Waals surface area contributed by atoms with Crippen molar-refractivity contribution in [3.05, 3.63) is 59.4 Å². The summed E-state index contributed by atoms with van der Waals surface area (Å²) >= 11 is 0. The summed E-state index contributed by atoms with van der Waals surface area (Å²) in [6.07, 6.45) is 2.34. The van der Waals surface area contributed by atoms with E-state index >= 15 is 0 Å². The van der Waals surface area contributed by atoms with Gasteiger partial charge in [0, 0.05) is 24.7 Å². The van der Waals surface area contributed by atoms with Gasteiger partial charge in [-0.15, -0.1) is 0 Å². The number of benzene rings is 1. The molecule has 156 valence electrons. The van der Waals surface area contributed by atoms with Crippen molar-refractivity contribution in [1.29, 1.82) is 0 Å². The third-order valence-corrected chi connectivity index (χ3v) is 5.23. The van der Waals surface area contributed by atoms with Crippen molar-refractivity contribution in [1.82, 2.24) is 9.88 Å². The molecule has 3 heterocycles. The molecule has 2 aliphatic heterocycles. The van der Waals surface area contributed by atoms with E-state index in [1.165, 1.54) is 9.80 Å². The number of carbonyl (C=O) groups excluding carboxylic acids is 2. The number of quaternary nitrogens is 1. The van der Waals surface area contributed by atoms with Gasteiger partial charge in [0.2, 0.25) is 6.79 Å². The van der Waals surface area contributed by atoms with Crippen molar-refractivity contribution in [2.75, 3.05) is 34.0 Å². The Labute approximate surface area is 174 Å². The van der Waals surface area contributed by atoms with E-state index in [0.29, 0.717) is 29.3 Å². The molecule has 1 aromatic carbocycles. The first-order valence-electron chi connectivity index (χ1n) is 9.85. The summed E-state index contributed by atoms with van der Waals surface area (Å²) in [5, 5.41) is 11.1. The van der Waals surface area contributed by atoms with Crippen LogP contribution in [0, 0.1) is 0 Å². The smallest absolute Gasteiger partial charge is 0.295 e. The average Bonchev–Trinajstić information content (AvgIpc) is 3.31. The number of likely N-dealkylation sites (tertiary alicyclic amines) is 1. The minimum Gasteiger partial charge on any atom is -0.507 e. The largest absolute Gasteiger partial charge is 0.507 e. The standard InChI is InChI=1S/C22H23N3O5/c1-24(2)10-5-11-25-19(15-6-3-4-9-23-15)18(21(27)22(25)28)20(26)14-7-8-16-17(12-14)30-13-29-16/h3-4,6-9,12,19,26H,5,10-11,13H2,1-2H3/p+1/b20-18-/t19-/m0/s1. The Hall–Kier alpha value is -3.39. The van der Waals surface area contributed by atoms with Crippen molar-refractivity contribution < 1.29 is 29.1 Å². The highest BCUT2D eigenvalue weighted by atomic mass is 16.7. The van der Waals surface area contributed by atoms with Crippen LogP contribution in [0.1, 0.15) is 23.7 Å². The van der Waals surface area contributed by atoms with Gasteiger partial charge in [0.15, 0.2) is 11.5 Å². The molecule has 30 heavy (non-hydrogen) atoms. The normalized spacial score (nSPS) is 19.7. The van der Waals surface area contributed by atoms with Crippen LogP contribution in [-0.4, -0.2) is 60.7 Å². The Morgan fingerprint density at radius 1 is 1.20 bits per heavy atom. The van der Waals surface area contributed by atoms with Gasteiger partial charge in [-0.1, -0.05) is 6.07 Å². The highest BCUT2D eigenvalue weighted by Crippen LogP contribution is 2.40. The van der Waals surface area contributed by atoms with E-state index < -0.39 is 17.7 Å². The molecule has 4 rings (SSSR count). The van der Waals surface area contributed by atoms with Gasteiger partial charge < -0.3 is 24.4 Å². The van der Waals surface area contributed by atoms with Gasteiger partial charge in [-0.05, 0) is 30.3 Å². The summed E-state index contributed by atoms with van der Waals surface area (Å²) in [6.45, 7) is 1.35. The minimum atomic E-state index is -0.742. The molecule has 0 unspecified atom stereocenters. The summed E-state index contributed by atoms with van der Waals surface area (Å²) in [7, 11) is 4.06. The summed E-state index contributed by atoms with van der Waals surface area (Å²) in [6, 6.07) is 9.50. The molecule has 1 aromatic heterocycles. The minimum absolute atomic E-state index is 0.0368. The van der Waals surface area contributed by atoms with Gasteiger partial charge in [-0.3, -0.25) is 14.6 Å². The number of ether oxygens (including phenoxy) is 2. The zero-order valence-corrected chi connectivity index (χ0v) is 16.9. The van der Waals surface area contributed by atoms with Crippen molar-refractivity contribution in [3.8, 4) is 11.5 Å². The van der Waals surface area contributed by atoms with E-state index in [-0.39, 0.29) is 18.1 Å². The number of hydrogen-bond donors (Lipinski definition) is 2. The van der Waals surface area contributed by atoms with E-state index in [9.17, 15) is 14.7 Å². The highest BCUT2D eigenvalue weighted by Gasteiger charge is 2.46. The highest BCUT2D eigenvalue weighted by molar-refractivity contribution is 6.46. The predicted octanol–water partition coefficient (Wildman–Crippen LogP) is 0.767. The predicted molar refractivity (Wildman–Crippen MR) is 108 cm³/mol. The molecule has 0 bridgehead atoms. The van der Waals surface area contributed by atoms with Crippen molar-refractivity contribution in [2.24, 2.45) is 0 Å². The number of aliphatic hydroxyl groups excluding tert-OH is 1. The van der Waals surface area contributed by atoms with Crippen molar-refractivity contribution in [3.63, 3.8) is 0 Å². The molecular weight excluding hydrogens is 386 g/mol. The third-order valence-electron chi connectivity index (χ3n) is 5.23. The number of ketones is 1. The second-order valence-electron chi connectivity index (χ2n) is 7.63. The number of Topliss-reactive ketones (excluding diaryl/α,β-unsaturated/α-hetero) is 1. The molecule has 1 amide bonds. The molecule has 2 aromatic rings. The SMILES string of the molecule is C[NH+](C)CCCN1C(=O)C(=O)/C(=C(\O)c2ccc3c(c2)OCO3)[C@@H]1c1ccccn1. The van der Waals surface area contributed by atoms with Gasteiger partial charge >= 0.3 is 0 Å². The maximum atomic E-state index is 12.9. The Morgan fingerprint density at radius 3 is 2.73 bits per heavy atom. The Balaban J connectivity index is 1.77. The zero-order valence-electron chi connectivity index (χ0n) is 16.9. The number of pyridine rings is 1. The van der Waals surface area contributed by atoms with E-state index in [1.807, 2.05) is 14.1 Å². The van der Waals surface area contributed by atoms with Gasteiger partial charge in [0.25, 0.3) is 11.7 Å². The molecule has 8 nitrogen and oxygen atoms in total. The number of fused-ring (bicyclic) bond motifs is 1. The van der Waals surface area contributed by atoms with Crippen molar-refractivity contribution in [2.45, 2.75) is 12.5 Å². The summed E-state index contributed by atoms with van der Waals surface area (Å²) < 4.78 is 10.7. The number of aliphatic hydroxyl groups is 1. The molecule has 0 saturated carbocycles. The number of aromatic nitrogens is 1. The second-order valence-corrected chi connectivity index (χ2v) is 7.63. The van der Waals surface area contributed by atoms with Crippen LogP contribution in [0.3, 0.4) is 0 Å². The van der Waals surface area contributed by atoms with Crippen LogP contribution in [0.2, 0.25) is 0 Å². The van der Waals surface area contributed by atoms with Gasteiger partial charge in [0.1, 0.15) is 11.8 Å². The second kappa shape index (κ2) is 8.16. The van der Waals surface area contributed by atoms with E-state index in [0.717, 1.165) is 13.0 Å². The molecule has 2 N–H and O–H groups in total. The quantitative estimate of drug-likeness (QED) is 0.415. The third kappa shape index (κ3) is 3.61. The summed E-state index contributed by atoms with van der Waals surface area (Å²) in [5.41, 5.74) is 0.960. The molecule has 2 aliphatic rings. The lowest BCUT2D eigenvalue weighted by atomic mass is 9.98. The van der Waals surface area contributed by atoms with Crippen LogP contribution >= 0.6 is 0 Å². The monoisotopic (exact) mass is 410 g/mol. The van der Waals surface area contributed by atoms with Crippen LogP contribution < -0.4 is 14.4 Å². The molecule has 8 heteroatoms. The van der Waals surface area contributed by atoms with Gasteiger partial charge in [-0.25, -0.2) is 0 Å². The first-order chi connectivity index (χ1) is 14.5. The molecule has 0 aliphatic carbocycles. The summed E-state index contributed by atoms with van der Waals surface area (Å²) in [5.74, 6) is -0.529. The lowest BCUT2D eigenvalue weighted by Crippen LogP contribution is -3.05. The van der Waals surface area contributed by atoms with Crippen LogP contribution in [0.25, 0.3) is 5.76 Å². The number of hydrogen-bond acceptors (Lipinski definition) is 6. The first-order valence-corrected chi connectivity index (χ1v) is 9.85. The number of nitrogens with one attached hydrogen (secondary N) is 1. The number of nitrogens with zero attached hydrogens (tertiary/aromatic N) is 2. The number of carbonyl (C=O) groups is 2. The summed E-state index contributed by atoms with van der Waals surface area (Å²) in [4.78, 5) is 32.9. The maximum Gasteiger partial charge on any atom is 0.295 e. The van der Waals surface area contributed by atoms with Crippen molar-refractivity contribution >= 4 is 17.4 Å². The Morgan fingerprint density at radius 2 is 2.00 bits per heavy atom. The molecular formula is C22H24N3O5+. The lowest BCUT2D eigenvalue weighted by molar-refractivity contribution is -0.858.